The van der Waals surface area contributed by atoms with Gasteiger partial charge >= 0.3 is 0 Å². The summed E-state index contributed by atoms with van der Waals surface area (Å²) in [4.78, 5) is 14.4. The van der Waals surface area contributed by atoms with Crippen molar-refractivity contribution in [2.75, 3.05) is 43.3 Å². The molecule has 0 N–H and O–H groups in total. The number of amides is 1. The Morgan fingerprint density at radius 2 is 1.73 bits per heavy atom. The lowest BCUT2D eigenvalue weighted by Crippen LogP contribution is -2.47. The van der Waals surface area contributed by atoms with Crippen LogP contribution in [0.3, 0.4) is 0 Å². The fourth-order valence-electron chi connectivity index (χ4n) is 3.30. The summed E-state index contributed by atoms with van der Waals surface area (Å²) in [6.07, 6.45) is 0. The van der Waals surface area contributed by atoms with Crippen LogP contribution in [0.2, 0.25) is 0 Å². The van der Waals surface area contributed by atoms with E-state index in [4.69, 9.17) is 0 Å². The molecule has 1 amide bonds. The van der Waals surface area contributed by atoms with E-state index in [1.807, 2.05) is 7.05 Å². The van der Waals surface area contributed by atoms with Crippen molar-refractivity contribution in [2.45, 2.75) is 18.7 Å². The maximum absolute atomic E-state index is 12.9. The second-order valence-corrected chi connectivity index (χ2v) is 10.7. The first-order valence-corrected chi connectivity index (χ1v) is 11.4. The summed E-state index contributed by atoms with van der Waals surface area (Å²) in [6, 6.07) is 4.24. The first-order chi connectivity index (χ1) is 12.0. The Morgan fingerprint density at radius 3 is 2.23 bits per heavy atom. The van der Waals surface area contributed by atoms with Crippen LogP contribution in [-0.2, 0) is 24.8 Å². The van der Waals surface area contributed by atoms with Gasteiger partial charge in [-0.15, -0.1) is 0 Å². The van der Waals surface area contributed by atoms with Crippen LogP contribution >= 0.6 is 0 Å². The Bertz CT molecular complexity index is 935. The lowest BCUT2D eigenvalue weighted by Gasteiger charge is -2.32. The predicted octanol–water partition coefficient (Wildman–Crippen LogP) is 0.244. The van der Waals surface area contributed by atoms with Crippen LogP contribution in [0, 0.1) is 12.8 Å². The molecule has 8 nitrogen and oxygen atoms in total. The van der Waals surface area contributed by atoms with Crippen molar-refractivity contribution in [3.63, 3.8) is 0 Å². The minimum absolute atomic E-state index is 0.142. The molecule has 1 atom stereocenters. The molecule has 144 valence electrons. The first kappa shape index (κ1) is 19.3. The van der Waals surface area contributed by atoms with E-state index in [0.29, 0.717) is 31.7 Å². The summed E-state index contributed by atoms with van der Waals surface area (Å²) in [7, 11) is -5.42. The van der Waals surface area contributed by atoms with E-state index < -0.39 is 31.9 Å². The Balaban J connectivity index is 1.95. The topological polar surface area (TPSA) is 95.1 Å². The summed E-state index contributed by atoms with van der Waals surface area (Å²) in [5.41, 5.74) is 0.609. The minimum atomic E-state index is -3.71. The van der Waals surface area contributed by atoms with E-state index in [-0.39, 0.29) is 16.3 Å². The van der Waals surface area contributed by atoms with E-state index in [9.17, 15) is 21.6 Å². The molecule has 1 aromatic carbocycles. The quantitative estimate of drug-likeness (QED) is 0.720. The third-order valence-corrected chi connectivity index (χ3v) is 8.76. The number of anilines is 1. The number of carbonyl (C=O) groups excluding carboxylic acids is 1. The van der Waals surface area contributed by atoms with Gasteiger partial charge in [0.15, 0.2) is 0 Å². The van der Waals surface area contributed by atoms with Gasteiger partial charge in [0.25, 0.3) is 0 Å². The van der Waals surface area contributed by atoms with Gasteiger partial charge in [0.05, 0.1) is 22.3 Å². The SMILES string of the molecule is Cc1cc(N2C(=O)C(C)CS2(=O)=O)ccc1S(=O)(=O)N1CCN(C)CC1. The molecule has 0 saturated carbocycles. The first-order valence-electron chi connectivity index (χ1n) is 8.40. The second-order valence-electron chi connectivity index (χ2n) is 6.94. The zero-order chi connectivity index (χ0) is 19.3. The molecule has 0 aromatic heterocycles. The summed E-state index contributed by atoms with van der Waals surface area (Å²) >= 11 is 0. The number of piperazine rings is 1. The highest BCUT2D eigenvalue weighted by molar-refractivity contribution is 7.94. The van der Waals surface area contributed by atoms with Crippen molar-refractivity contribution in [1.29, 1.82) is 0 Å². The number of aryl methyl sites for hydroxylation is 1. The molecule has 26 heavy (non-hydrogen) atoms. The molecule has 0 aliphatic carbocycles. The highest BCUT2D eigenvalue weighted by atomic mass is 32.2. The lowest BCUT2D eigenvalue weighted by molar-refractivity contribution is -0.119. The van der Waals surface area contributed by atoms with E-state index in [1.54, 1.807) is 13.8 Å². The fraction of sp³-hybridized carbons (Fsp3) is 0.562. The normalized spacial score (nSPS) is 25.0. The molecule has 0 bridgehead atoms. The largest absolute Gasteiger partial charge is 0.304 e. The highest BCUT2D eigenvalue weighted by Gasteiger charge is 2.42. The predicted molar refractivity (Wildman–Crippen MR) is 97.9 cm³/mol. The van der Waals surface area contributed by atoms with Gasteiger partial charge in [-0.05, 0) is 37.7 Å². The van der Waals surface area contributed by atoms with Crippen molar-refractivity contribution < 1.29 is 21.6 Å². The van der Waals surface area contributed by atoms with E-state index >= 15 is 0 Å². The molecule has 2 heterocycles. The Morgan fingerprint density at radius 1 is 1.12 bits per heavy atom. The van der Waals surface area contributed by atoms with Crippen molar-refractivity contribution in [3.05, 3.63) is 23.8 Å². The van der Waals surface area contributed by atoms with E-state index in [0.717, 1.165) is 4.31 Å². The summed E-state index contributed by atoms with van der Waals surface area (Å²) in [5.74, 6) is -1.32. The molecule has 0 spiro atoms. The van der Waals surface area contributed by atoms with Crippen LogP contribution in [0.4, 0.5) is 5.69 Å². The smallest absolute Gasteiger partial charge is 0.244 e. The van der Waals surface area contributed by atoms with Crippen LogP contribution in [0.5, 0.6) is 0 Å². The Labute approximate surface area is 154 Å². The second kappa shape index (κ2) is 6.59. The summed E-state index contributed by atoms with van der Waals surface area (Å²) < 4.78 is 52.5. The molecule has 1 aromatic rings. The maximum Gasteiger partial charge on any atom is 0.244 e. The Kier molecular flexibility index (Phi) is 4.89. The molecule has 2 aliphatic heterocycles. The maximum atomic E-state index is 12.9. The molecule has 10 heteroatoms. The number of benzene rings is 1. The van der Waals surface area contributed by atoms with Gasteiger partial charge in [0, 0.05) is 26.2 Å². The number of sulfonamides is 2. The van der Waals surface area contributed by atoms with Crippen LogP contribution in [-0.4, -0.2) is 70.9 Å². The fourth-order valence-corrected chi connectivity index (χ4v) is 6.74. The number of hydrogen-bond acceptors (Lipinski definition) is 6. The molecular weight excluding hydrogens is 378 g/mol. The number of likely N-dealkylation sites (N-methyl/N-ethyl adjacent to an activating group) is 1. The van der Waals surface area contributed by atoms with E-state index in [1.165, 1.54) is 22.5 Å². The lowest BCUT2D eigenvalue weighted by atomic mass is 10.2. The average molecular weight is 402 g/mol. The third kappa shape index (κ3) is 3.26. The molecule has 2 saturated heterocycles. The summed E-state index contributed by atoms with van der Waals surface area (Å²) in [5, 5.41) is 0. The van der Waals surface area contributed by atoms with Gasteiger partial charge in [-0.2, -0.15) is 4.31 Å². The van der Waals surface area contributed by atoms with Gasteiger partial charge < -0.3 is 4.90 Å². The highest BCUT2D eigenvalue weighted by Crippen LogP contribution is 2.31. The molecule has 0 radical (unpaired) electrons. The zero-order valence-corrected chi connectivity index (χ0v) is 16.7. The minimum Gasteiger partial charge on any atom is -0.304 e. The summed E-state index contributed by atoms with van der Waals surface area (Å²) in [6.45, 7) is 5.33. The van der Waals surface area contributed by atoms with Gasteiger partial charge in [0.2, 0.25) is 26.0 Å². The molecule has 1 unspecified atom stereocenters. The molecular formula is C16H23N3O5S2. The molecule has 2 aliphatic rings. The van der Waals surface area contributed by atoms with Gasteiger partial charge in [-0.25, -0.2) is 21.1 Å². The van der Waals surface area contributed by atoms with E-state index in [2.05, 4.69) is 4.90 Å². The van der Waals surface area contributed by atoms with Gasteiger partial charge in [-0.1, -0.05) is 6.92 Å². The van der Waals surface area contributed by atoms with Crippen LogP contribution in [0.25, 0.3) is 0 Å². The standard InChI is InChI=1S/C16H23N3O5S2/c1-12-10-14(19-16(20)13(2)11-25(19,21)22)4-5-15(12)26(23,24)18-8-6-17(3)7-9-18/h4-5,10,13H,6-9,11H2,1-3H3. The zero-order valence-electron chi connectivity index (χ0n) is 15.0. The van der Waals surface area contributed by atoms with Gasteiger partial charge in [0.1, 0.15) is 0 Å². The van der Waals surface area contributed by atoms with Crippen molar-refractivity contribution in [3.8, 4) is 0 Å². The van der Waals surface area contributed by atoms with Crippen LogP contribution in [0.1, 0.15) is 12.5 Å². The Hall–Kier alpha value is -1.49. The van der Waals surface area contributed by atoms with Crippen molar-refractivity contribution in [1.82, 2.24) is 9.21 Å². The third-order valence-electron chi connectivity index (χ3n) is 4.83. The van der Waals surface area contributed by atoms with Crippen molar-refractivity contribution in [2.24, 2.45) is 5.92 Å². The average Bonchev–Trinajstić information content (AvgIpc) is 2.75. The molecule has 2 fully saturated rings. The number of carbonyl (C=O) groups is 1. The number of hydrogen-bond donors (Lipinski definition) is 0. The monoisotopic (exact) mass is 401 g/mol. The number of rotatable bonds is 3. The number of nitrogens with zero attached hydrogens (tertiary/aromatic N) is 3. The van der Waals surface area contributed by atoms with Crippen LogP contribution < -0.4 is 4.31 Å². The van der Waals surface area contributed by atoms with Gasteiger partial charge in [-0.3, -0.25) is 4.79 Å². The molecule has 3 rings (SSSR count). The van der Waals surface area contributed by atoms with Crippen LogP contribution in [0.15, 0.2) is 23.1 Å². The van der Waals surface area contributed by atoms with Crippen molar-refractivity contribution >= 4 is 31.6 Å².